The molecule has 4 rings (SSSR count). The molecule has 2 aliphatic rings. The van der Waals surface area contributed by atoms with Gasteiger partial charge in [-0.1, -0.05) is 26.8 Å². The van der Waals surface area contributed by atoms with Crippen LogP contribution in [-0.2, 0) is 11.2 Å². The number of carbonyl (C=O) groups is 1. The molecule has 0 bridgehead atoms. The molecule has 1 fully saturated rings. The van der Waals surface area contributed by atoms with Gasteiger partial charge in [-0.3, -0.25) is 4.79 Å². The van der Waals surface area contributed by atoms with Crippen molar-refractivity contribution in [3.63, 3.8) is 0 Å². The van der Waals surface area contributed by atoms with Gasteiger partial charge in [0.05, 0.1) is 0 Å². The molecule has 0 aromatic carbocycles. The number of pyridine rings is 1. The minimum Gasteiger partial charge on any atom is -0.480 e. The van der Waals surface area contributed by atoms with Gasteiger partial charge in [0, 0.05) is 42.9 Å². The summed E-state index contributed by atoms with van der Waals surface area (Å²) in [6.07, 6.45) is 5.79. The Balaban J connectivity index is 1.57. The average molecular weight is 468 g/mol. The van der Waals surface area contributed by atoms with E-state index in [0.717, 1.165) is 56.0 Å². The number of carboxylic acid groups (broad SMARTS) is 1. The molecular weight excluding hydrogens is 430 g/mol. The summed E-state index contributed by atoms with van der Waals surface area (Å²) in [4.78, 5) is 27.5. The molecule has 34 heavy (non-hydrogen) atoms. The number of aromatic nitrogens is 3. The molecule has 0 aliphatic carbocycles. The lowest BCUT2D eigenvalue weighted by molar-refractivity contribution is -0.138. The SMILES string of the molecule is Cc1c(NCC(N)C(=O)O)ncnc1N1CCC(c2ccc3c(n2)NCCC3)CC1C(C)(C)C. The van der Waals surface area contributed by atoms with E-state index in [1.165, 1.54) is 11.3 Å². The first-order chi connectivity index (χ1) is 16.1. The number of carboxylic acids is 1. The van der Waals surface area contributed by atoms with Gasteiger partial charge in [-0.25, -0.2) is 15.0 Å². The standard InChI is InChI=1S/C25H37N7O2/c1-15-21(28-13-18(26)24(33)34)29-14-30-23(15)32-11-9-17(12-20(32)25(2,3)4)19-8-7-16-6-5-10-27-22(16)31-19/h7-8,14,17-18,20H,5-6,9-13,26H2,1-4H3,(H,27,31)(H,33,34)(H,28,29,30). The van der Waals surface area contributed by atoms with Gasteiger partial charge in [0.25, 0.3) is 0 Å². The first-order valence-corrected chi connectivity index (χ1v) is 12.2. The molecule has 9 heteroatoms. The fraction of sp³-hybridized carbons (Fsp3) is 0.600. The highest BCUT2D eigenvalue weighted by molar-refractivity contribution is 5.74. The van der Waals surface area contributed by atoms with Crippen molar-refractivity contribution in [3.05, 3.63) is 35.3 Å². The molecule has 184 valence electrons. The molecule has 3 atom stereocenters. The highest BCUT2D eigenvalue weighted by Gasteiger charge is 2.38. The highest BCUT2D eigenvalue weighted by Crippen LogP contribution is 2.42. The second-order valence-corrected chi connectivity index (χ2v) is 10.6. The zero-order valence-electron chi connectivity index (χ0n) is 20.6. The Bertz CT molecular complexity index is 1040. The van der Waals surface area contributed by atoms with Gasteiger partial charge < -0.3 is 26.4 Å². The average Bonchev–Trinajstić information content (AvgIpc) is 2.82. The largest absolute Gasteiger partial charge is 0.480 e. The number of hydrogen-bond donors (Lipinski definition) is 4. The summed E-state index contributed by atoms with van der Waals surface area (Å²) in [5.41, 5.74) is 9.09. The van der Waals surface area contributed by atoms with Crippen LogP contribution in [0.3, 0.4) is 0 Å². The first-order valence-electron chi connectivity index (χ1n) is 12.2. The van der Waals surface area contributed by atoms with Gasteiger partial charge in [0.15, 0.2) is 0 Å². The maximum atomic E-state index is 11.1. The lowest BCUT2D eigenvalue weighted by Gasteiger charge is -2.47. The van der Waals surface area contributed by atoms with Gasteiger partial charge in [0.1, 0.15) is 29.8 Å². The van der Waals surface area contributed by atoms with E-state index in [1.807, 2.05) is 6.92 Å². The Morgan fingerprint density at radius 1 is 1.35 bits per heavy atom. The van der Waals surface area contributed by atoms with Crippen molar-refractivity contribution in [1.29, 1.82) is 0 Å². The van der Waals surface area contributed by atoms with Crippen molar-refractivity contribution in [1.82, 2.24) is 15.0 Å². The van der Waals surface area contributed by atoms with E-state index in [0.29, 0.717) is 11.7 Å². The number of piperidine rings is 1. The lowest BCUT2D eigenvalue weighted by atomic mass is 9.75. The maximum absolute atomic E-state index is 11.1. The molecule has 0 amide bonds. The summed E-state index contributed by atoms with van der Waals surface area (Å²) in [6.45, 7) is 10.8. The molecular formula is C25H37N7O2. The summed E-state index contributed by atoms with van der Waals surface area (Å²) >= 11 is 0. The van der Waals surface area contributed by atoms with E-state index in [1.54, 1.807) is 6.33 Å². The van der Waals surface area contributed by atoms with E-state index in [-0.39, 0.29) is 18.0 Å². The Labute approximate surface area is 201 Å². The molecule has 9 nitrogen and oxygen atoms in total. The third-order valence-corrected chi connectivity index (χ3v) is 7.07. The highest BCUT2D eigenvalue weighted by atomic mass is 16.4. The van der Waals surface area contributed by atoms with Gasteiger partial charge in [-0.2, -0.15) is 0 Å². The van der Waals surface area contributed by atoms with Gasteiger partial charge in [-0.05, 0) is 49.7 Å². The van der Waals surface area contributed by atoms with Crippen LogP contribution in [0.1, 0.15) is 62.8 Å². The maximum Gasteiger partial charge on any atom is 0.322 e. The van der Waals surface area contributed by atoms with Crippen molar-refractivity contribution >= 4 is 23.4 Å². The number of nitrogens with zero attached hydrogens (tertiary/aromatic N) is 4. The Morgan fingerprint density at radius 2 is 2.15 bits per heavy atom. The normalized spacial score (nSPS) is 21.4. The molecule has 0 radical (unpaired) electrons. The van der Waals surface area contributed by atoms with Crippen molar-refractivity contribution in [3.8, 4) is 0 Å². The molecule has 0 spiro atoms. The molecule has 2 aromatic heterocycles. The number of nitrogens with one attached hydrogen (secondary N) is 2. The minimum atomic E-state index is -1.04. The Morgan fingerprint density at radius 3 is 2.88 bits per heavy atom. The molecule has 2 aliphatic heterocycles. The van der Waals surface area contributed by atoms with E-state index in [9.17, 15) is 4.79 Å². The number of aryl methyl sites for hydroxylation is 1. The molecule has 1 saturated heterocycles. The monoisotopic (exact) mass is 467 g/mol. The zero-order valence-corrected chi connectivity index (χ0v) is 20.6. The first kappa shape index (κ1) is 24.2. The smallest absolute Gasteiger partial charge is 0.322 e. The van der Waals surface area contributed by atoms with E-state index in [2.05, 4.69) is 58.4 Å². The van der Waals surface area contributed by atoms with Crippen molar-refractivity contribution in [2.24, 2.45) is 11.1 Å². The van der Waals surface area contributed by atoms with Crippen LogP contribution in [0.25, 0.3) is 0 Å². The summed E-state index contributed by atoms with van der Waals surface area (Å²) in [6, 6.07) is 3.74. The van der Waals surface area contributed by atoms with Crippen molar-refractivity contribution in [2.45, 2.75) is 71.4 Å². The lowest BCUT2D eigenvalue weighted by Crippen LogP contribution is -2.50. The van der Waals surface area contributed by atoms with Crippen LogP contribution >= 0.6 is 0 Å². The van der Waals surface area contributed by atoms with Gasteiger partial charge in [-0.15, -0.1) is 0 Å². The second-order valence-electron chi connectivity index (χ2n) is 10.6. The van der Waals surface area contributed by atoms with Gasteiger partial charge in [0.2, 0.25) is 0 Å². The number of hydrogen-bond acceptors (Lipinski definition) is 8. The molecule has 4 heterocycles. The zero-order chi connectivity index (χ0) is 24.5. The predicted molar refractivity (Wildman–Crippen MR) is 134 cm³/mol. The topological polar surface area (TPSA) is 129 Å². The molecule has 5 N–H and O–H groups in total. The Kier molecular flexibility index (Phi) is 6.93. The number of fused-ring (bicyclic) bond motifs is 1. The van der Waals surface area contributed by atoms with Gasteiger partial charge >= 0.3 is 5.97 Å². The number of nitrogens with two attached hydrogens (primary N) is 1. The summed E-state index contributed by atoms with van der Waals surface area (Å²) in [5.74, 6) is 1.92. The van der Waals surface area contributed by atoms with Crippen LogP contribution in [0, 0.1) is 12.3 Å². The molecule has 2 aromatic rings. The summed E-state index contributed by atoms with van der Waals surface area (Å²) in [7, 11) is 0. The van der Waals surface area contributed by atoms with Crippen LogP contribution in [0.2, 0.25) is 0 Å². The van der Waals surface area contributed by atoms with Crippen molar-refractivity contribution in [2.75, 3.05) is 35.2 Å². The third-order valence-electron chi connectivity index (χ3n) is 7.07. The predicted octanol–water partition coefficient (Wildman–Crippen LogP) is 3.16. The minimum absolute atomic E-state index is 0.0295. The molecule has 3 unspecified atom stereocenters. The third kappa shape index (κ3) is 5.09. The van der Waals surface area contributed by atoms with Crippen molar-refractivity contribution < 1.29 is 9.90 Å². The number of rotatable bonds is 6. The van der Waals surface area contributed by atoms with Crippen LogP contribution in [0.5, 0.6) is 0 Å². The summed E-state index contributed by atoms with van der Waals surface area (Å²) in [5, 5.41) is 15.6. The van der Waals surface area contributed by atoms with E-state index in [4.69, 9.17) is 15.8 Å². The quantitative estimate of drug-likeness (QED) is 0.506. The van der Waals surface area contributed by atoms with E-state index >= 15 is 0 Å². The summed E-state index contributed by atoms with van der Waals surface area (Å²) < 4.78 is 0. The fourth-order valence-corrected chi connectivity index (χ4v) is 5.08. The molecule has 0 saturated carbocycles. The van der Waals surface area contributed by atoms with Crippen LogP contribution in [0.15, 0.2) is 18.5 Å². The number of aliphatic carboxylic acids is 1. The van der Waals surface area contributed by atoms with E-state index < -0.39 is 12.0 Å². The number of anilines is 3. The fourth-order valence-electron chi connectivity index (χ4n) is 5.08. The van der Waals surface area contributed by atoms with Crippen LogP contribution < -0.4 is 21.3 Å². The van der Waals surface area contributed by atoms with Crippen LogP contribution in [-0.4, -0.2) is 57.7 Å². The second kappa shape index (κ2) is 9.74. The Hall–Kier alpha value is -2.94. The van der Waals surface area contributed by atoms with Crippen LogP contribution in [0.4, 0.5) is 17.5 Å².